The fraction of sp³-hybridized carbons (Fsp3) is 0.646. The Morgan fingerprint density at radius 1 is 0.628 bits per heavy atom. The molecule has 113 heavy (non-hydrogen) atoms. The number of esters is 1. The van der Waals surface area contributed by atoms with Gasteiger partial charge in [-0.3, -0.25) is 52.8 Å². The van der Waals surface area contributed by atoms with Crippen molar-refractivity contribution in [1.82, 2.24) is 35.6 Å². The number of likely N-dealkylation sites (tertiary alicyclic amines) is 2. The highest BCUT2D eigenvalue weighted by Gasteiger charge is 2.45. The second-order valence-corrected chi connectivity index (χ2v) is 31.0. The lowest BCUT2D eigenvalue weighted by Gasteiger charge is -2.41. The summed E-state index contributed by atoms with van der Waals surface area (Å²) in [7, 11) is 8.53. The summed E-state index contributed by atoms with van der Waals surface area (Å²) in [4.78, 5) is 157. The molecule has 3 aromatic rings. The van der Waals surface area contributed by atoms with Crippen LogP contribution in [0.4, 0.5) is 32.4 Å². The maximum atomic E-state index is 14.7. The first-order chi connectivity index (χ1) is 53.5. The Morgan fingerprint density at radius 3 is 1.81 bits per heavy atom. The van der Waals surface area contributed by atoms with Crippen LogP contribution in [0.15, 0.2) is 54.6 Å². The van der Waals surface area contributed by atoms with E-state index in [0.717, 1.165) is 5.56 Å². The minimum absolute atomic E-state index is 0.00134. The topological polar surface area (TPSA) is 330 Å². The zero-order valence-electron chi connectivity index (χ0n) is 68.2. The van der Waals surface area contributed by atoms with E-state index in [1.165, 1.54) is 19.1 Å². The van der Waals surface area contributed by atoms with Gasteiger partial charge in [0.05, 0.1) is 75.1 Å². The number of anilines is 1. The fourth-order valence-corrected chi connectivity index (χ4v) is 15.1. The summed E-state index contributed by atoms with van der Waals surface area (Å²) in [6.07, 6.45) is 0.701. The van der Waals surface area contributed by atoms with Crippen LogP contribution in [0.5, 0.6) is 5.75 Å². The molecule has 630 valence electrons. The van der Waals surface area contributed by atoms with Crippen molar-refractivity contribution in [2.45, 2.75) is 195 Å². The maximum absolute atomic E-state index is 14.7. The van der Waals surface area contributed by atoms with E-state index >= 15 is 0 Å². The third-order valence-corrected chi connectivity index (χ3v) is 21.5. The maximum Gasteiger partial charge on any atom is 0.314 e. The largest absolute Gasteiger partial charge is 0.420 e. The molecule has 2 heterocycles. The smallest absolute Gasteiger partial charge is 0.314 e. The van der Waals surface area contributed by atoms with Gasteiger partial charge in [0.15, 0.2) is 11.6 Å². The summed E-state index contributed by atoms with van der Waals surface area (Å²) in [5.74, 6) is -22.1. The number of carbonyl (C=O) groups is 11. The third-order valence-electron chi connectivity index (χ3n) is 21.5. The second-order valence-electron chi connectivity index (χ2n) is 31.0. The molecule has 8 amide bonds. The number of halogens is 5. The Kier molecular flexibility index (Phi) is 39.5. The van der Waals surface area contributed by atoms with Gasteiger partial charge in [-0.25, -0.2) is 18.0 Å². The van der Waals surface area contributed by atoms with Crippen molar-refractivity contribution in [2.75, 3.05) is 100.0 Å². The molecule has 2 unspecified atom stereocenters. The van der Waals surface area contributed by atoms with Gasteiger partial charge in [-0.2, -0.15) is 8.78 Å². The van der Waals surface area contributed by atoms with Gasteiger partial charge in [0.2, 0.25) is 70.3 Å². The van der Waals surface area contributed by atoms with Crippen molar-refractivity contribution >= 4 is 70.5 Å². The molecule has 2 aliphatic rings. The molecule has 13 atom stereocenters. The highest BCUT2D eigenvalue weighted by atomic mass is 19.2. The number of nitrogens with one attached hydrogen (secondary N) is 4. The van der Waals surface area contributed by atoms with Crippen LogP contribution in [0.3, 0.4) is 0 Å². The Morgan fingerprint density at radius 2 is 1.24 bits per heavy atom. The SMILES string of the molecule is CC[C@H](C)[C@@H]([C@@H](CC(=O)N1CCC[C@H]1[C@H](OC)[C@@H](C)C(=O)C[C@@H](Cc1ccccc1)C(=O)NCc1ccc(NC(=O)[C@H](CCCNC(N)=O)CC(=O)[C@@H](NC(=O)COCCOCCOCC(=O)N2CCC(C(=O)Oc3c(F)c(F)c(F)c(F)c3F)CC2C)C(C)C)cc1)OC)N(C)C(=O)[C@@H](CC(=O)[C@H](C(C)C)N(C)C)C(C)C. The Bertz CT molecular complexity index is 3620. The van der Waals surface area contributed by atoms with Crippen LogP contribution < -0.4 is 31.7 Å². The second kappa shape index (κ2) is 46.9. The number of rotatable bonds is 48. The molecule has 0 saturated carbocycles. The number of amides is 8. The molecule has 0 bridgehead atoms. The highest BCUT2D eigenvalue weighted by Crippen LogP contribution is 2.35. The van der Waals surface area contributed by atoms with E-state index < -0.39 is 149 Å². The average molecular weight is 1600 g/mol. The number of likely N-dealkylation sites (N-methyl/N-ethyl adjacent to an activating group) is 2. The molecule has 2 fully saturated rings. The number of nitrogens with two attached hydrogens (primary N) is 1. The number of urea groups is 1. The summed E-state index contributed by atoms with van der Waals surface area (Å²) in [6, 6.07) is 12.3. The third kappa shape index (κ3) is 28.3. The summed E-state index contributed by atoms with van der Waals surface area (Å²) in [5.41, 5.74) is 7.17. The molecule has 2 saturated heterocycles. The lowest BCUT2D eigenvalue weighted by molar-refractivity contribution is -0.149. The van der Waals surface area contributed by atoms with E-state index in [4.69, 9.17) is 29.4 Å². The molecule has 0 spiro atoms. The van der Waals surface area contributed by atoms with Gasteiger partial charge in [-0.05, 0) is 113 Å². The van der Waals surface area contributed by atoms with Gasteiger partial charge >= 0.3 is 12.0 Å². The minimum atomic E-state index is -2.40. The number of ether oxygens (including phenoxy) is 6. The van der Waals surface area contributed by atoms with Crippen LogP contribution in [0.1, 0.15) is 151 Å². The Labute approximate surface area is 661 Å². The van der Waals surface area contributed by atoms with Gasteiger partial charge in [0.1, 0.15) is 19.0 Å². The molecule has 6 N–H and O–H groups in total. The predicted octanol–water partition coefficient (Wildman–Crippen LogP) is 8.94. The van der Waals surface area contributed by atoms with Crippen molar-refractivity contribution in [3.05, 3.63) is 94.8 Å². The fourth-order valence-electron chi connectivity index (χ4n) is 15.1. The van der Waals surface area contributed by atoms with Crippen LogP contribution in [0.25, 0.3) is 0 Å². The average Bonchev–Trinajstić information content (AvgIpc) is 0.876. The van der Waals surface area contributed by atoms with Crippen LogP contribution in [0, 0.1) is 82.3 Å². The van der Waals surface area contributed by atoms with Crippen molar-refractivity contribution in [1.29, 1.82) is 0 Å². The van der Waals surface area contributed by atoms with Gasteiger partial charge in [-0.1, -0.05) is 111 Å². The normalized spacial score (nSPS) is 17.8. The number of benzene rings is 3. The summed E-state index contributed by atoms with van der Waals surface area (Å²) in [5, 5.41) is 11.1. The van der Waals surface area contributed by atoms with Crippen molar-refractivity contribution in [3.63, 3.8) is 0 Å². The molecule has 5 rings (SSSR count). The first kappa shape index (κ1) is 95.2. The van der Waals surface area contributed by atoms with Crippen LogP contribution in [0.2, 0.25) is 0 Å². The van der Waals surface area contributed by atoms with Crippen LogP contribution in [-0.4, -0.2) is 221 Å². The number of piperidine rings is 1. The summed E-state index contributed by atoms with van der Waals surface area (Å²) in [6.45, 7) is 18.5. The highest BCUT2D eigenvalue weighted by molar-refractivity contribution is 5.98. The van der Waals surface area contributed by atoms with E-state index in [1.54, 1.807) is 68.8 Å². The van der Waals surface area contributed by atoms with E-state index in [1.807, 2.05) is 90.9 Å². The van der Waals surface area contributed by atoms with Crippen molar-refractivity contribution in [3.8, 4) is 5.75 Å². The van der Waals surface area contributed by atoms with Crippen molar-refractivity contribution in [2.24, 2.45) is 59.0 Å². The molecule has 2 aliphatic heterocycles. The number of Topliss-reactive ketones (excluding diaryl/α,β-unsaturated/α-hetero) is 3. The van der Waals surface area contributed by atoms with Gasteiger partial charge < -0.3 is 70.1 Å². The number of methoxy groups -OCH3 is 2. The molecule has 0 radical (unpaired) electrons. The summed E-state index contributed by atoms with van der Waals surface area (Å²) < 4.78 is 102. The quantitative estimate of drug-likeness (QED) is 0.00879. The number of nitrogens with zero attached hydrogens (tertiary/aromatic N) is 4. The van der Waals surface area contributed by atoms with Gasteiger partial charge in [0, 0.05) is 102 Å². The number of ketones is 3. The zero-order chi connectivity index (χ0) is 84.1. The number of primary amides is 1. The van der Waals surface area contributed by atoms with Gasteiger partial charge in [0.25, 0.3) is 0 Å². The number of hydrogen-bond acceptors (Lipinski definition) is 18. The molecular formula is C82H120F5N9O17. The lowest BCUT2D eigenvalue weighted by Crippen LogP contribution is -2.54. The molecule has 26 nitrogen and oxygen atoms in total. The van der Waals surface area contributed by atoms with Gasteiger partial charge in [-0.15, -0.1) is 0 Å². The molecule has 0 aliphatic carbocycles. The minimum Gasteiger partial charge on any atom is -0.420 e. The number of hydrogen-bond donors (Lipinski definition) is 5. The lowest BCUT2D eigenvalue weighted by atomic mass is 9.83. The van der Waals surface area contributed by atoms with Crippen molar-refractivity contribution < 1.29 is 103 Å². The predicted molar refractivity (Wildman–Crippen MR) is 411 cm³/mol. The zero-order valence-corrected chi connectivity index (χ0v) is 68.2. The Balaban J connectivity index is 1.12. The molecule has 3 aromatic carbocycles. The monoisotopic (exact) mass is 1600 g/mol. The van der Waals surface area contributed by atoms with E-state index in [0.29, 0.717) is 37.1 Å². The summed E-state index contributed by atoms with van der Waals surface area (Å²) >= 11 is 0. The van der Waals surface area contributed by atoms with E-state index in [2.05, 4.69) is 26.0 Å². The van der Waals surface area contributed by atoms with E-state index in [-0.39, 0.29) is 164 Å². The van der Waals surface area contributed by atoms with Crippen LogP contribution in [-0.2, 0) is 84.6 Å². The first-order valence-corrected chi connectivity index (χ1v) is 39.1. The molecule has 0 aromatic heterocycles. The van der Waals surface area contributed by atoms with Crippen LogP contribution >= 0.6 is 0 Å². The van der Waals surface area contributed by atoms with E-state index in [9.17, 15) is 74.7 Å². The first-order valence-electron chi connectivity index (χ1n) is 39.1. The molecular weight excluding hydrogens is 1480 g/mol. The number of carbonyl (C=O) groups excluding carboxylic acids is 11. The Hall–Kier alpha value is -8.36. The standard InChI is InChI=1S/C82H120F5N9O17/c1-16-50(8)75(94(13)80(105)59(47(2)3)42-63(99)74(49(6)7)93(11)12)64(108-14)43-66(101)96-32-21-25-60(96)76(109-15)52(10)61(97)41-57(39-53-22-18-17-19-23-53)78(103)90-44-54-26-28-58(29-27-54)91-79(104)55(24-20-31-89-82(88)107)40-62(98)73(48(4)5)92-65(100)45-111-36-34-110-35-37-112-46-67(102)95-33-30-56(38-51(95)9)81(106)113-77-71(86)69(84)68(83)70(85)72(77)87/h17-19,22-23,26-29,47-52,55-57,59-60,64,73-76H,16,20-21,24-25,30-46H2,1-15H3,(H,90,103)(H,91,104)(H,92,100)(H3,88,89,107)/t50-,51?,52-,55+,56?,57+,59-,60-,64+,73-,74-,75-,76+/m0/s1. The molecule has 31 heteroatoms.